The summed E-state index contributed by atoms with van der Waals surface area (Å²) in [6.45, 7) is 5.76. The number of rotatable bonds is 12. The number of carbonyl (C=O) groups excluding carboxylic acids is 3. The molecule has 3 amide bonds. The number of amides is 3. The molecule has 12 heteroatoms. The van der Waals surface area contributed by atoms with Crippen molar-refractivity contribution in [3.8, 4) is 0 Å². The lowest BCUT2D eigenvalue weighted by Gasteiger charge is -2.27. The van der Waals surface area contributed by atoms with Crippen LogP contribution in [0, 0.1) is 5.92 Å². The molecule has 0 heterocycles. The molecule has 0 rings (SSSR count). The van der Waals surface area contributed by atoms with Crippen LogP contribution in [0.25, 0.3) is 0 Å². The second-order valence-electron chi connectivity index (χ2n) is 7.08. The van der Waals surface area contributed by atoms with Crippen LogP contribution in [0.2, 0.25) is 0 Å². The summed E-state index contributed by atoms with van der Waals surface area (Å²) in [4.78, 5) is 58.8. The predicted molar refractivity (Wildman–Crippen MR) is 100 cm³/mol. The molecule has 0 fully saturated rings. The van der Waals surface area contributed by atoms with Gasteiger partial charge < -0.3 is 37.0 Å². The Morgan fingerprint density at radius 1 is 0.828 bits per heavy atom. The Hall–Kier alpha value is -2.73. The minimum absolute atomic E-state index is 0.239. The van der Waals surface area contributed by atoms with Crippen molar-refractivity contribution in [2.24, 2.45) is 11.7 Å². The first kappa shape index (κ1) is 26.3. The van der Waals surface area contributed by atoms with E-state index in [-0.39, 0.29) is 6.42 Å². The minimum Gasteiger partial charge on any atom is -0.481 e. The van der Waals surface area contributed by atoms with Gasteiger partial charge in [0.1, 0.15) is 12.1 Å². The number of aliphatic carboxylic acids is 2. The number of carbonyl (C=O) groups is 5. The van der Waals surface area contributed by atoms with E-state index >= 15 is 0 Å². The van der Waals surface area contributed by atoms with Crippen LogP contribution in [0.3, 0.4) is 0 Å². The van der Waals surface area contributed by atoms with Gasteiger partial charge in [-0.15, -0.1) is 0 Å². The van der Waals surface area contributed by atoms with Crippen molar-refractivity contribution in [3.05, 3.63) is 0 Å². The first-order valence-corrected chi connectivity index (χ1v) is 9.07. The highest BCUT2D eigenvalue weighted by Gasteiger charge is 2.33. The number of aliphatic hydroxyl groups excluding tert-OH is 1. The normalized spacial score (nSPS) is 16.1. The summed E-state index contributed by atoms with van der Waals surface area (Å²) >= 11 is 0. The average Bonchev–Trinajstić information content (AvgIpc) is 2.59. The Balaban J connectivity index is 5.38. The number of nitrogens with two attached hydrogens (primary N) is 1. The summed E-state index contributed by atoms with van der Waals surface area (Å²) in [5.41, 5.74) is 5.45. The zero-order chi connectivity index (χ0) is 22.9. The van der Waals surface area contributed by atoms with Gasteiger partial charge in [0.2, 0.25) is 17.7 Å². The molecule has 0 aromatic heterocycles. The molecule has 0 radical (unpaired) electrons. The van der Waals surface area contributed by atoms with Gasteiger partial charge in [0.05, 0.1) is 12.1 Å². The highest BCUT2D eigenvalue weighted by atomic mass is 16.4. The fraction of sp³-hybridized carbons (Fsp3) is 0.706. The Bertz CT molecular complexity index is 621. The minimum atomic E-state index is -1.58. The van der Waals surface area contributed by atoms with Gasteiger partial charge in [-0.05, 0) is 26.2 Å². The van der Waals surface area contributed by atoms with Crippen molar-refractivity contribution in [3.63, 3.8) is 0 Å². The molecule has 0 aliphatic heterocycles. The zero-order valence-corrected chi connectivity index (χ0v) is 16.8. The summed E-state index contributed by atoms with van der Waals surface area (Å²) in [5.74, 6) is -5.47. The topological polar surface area (TPSA) is 208 Å². The maximum Gasteiger partial charge on any atom is 0.328 e. The Morgan fingerprint density at radius 2 is 1.34 bits per heavy atom. The standard InChI is InChI=1S/C17H30N4O8/c1-7(2)12(16(27)21-13(9(4)22)17(28)29)20-15(26)10(5-6-11(23)24)19-14(25)8(3)18/h7-10,12-13,22H,5-6,18H2,1-4H3,(H,19,25)(H,20,26)(H,21,27)(H,23,24)(H,28,29). The summed E-state index contributed by atoms with van der Waals surface area (Å²) < 4.78 is 0. The van der Waals surface area contributed by atoms with E-state index in [1.807, 2.05) is 0 Å². The summed E-state index contributed by atoms with van der Waals surface area (Å²) in [6, 6.07) is -4.98. The molecule has 8 N–H and O–H groups in total. The Labute approximate surface area is 168 Å². The predicted octanol–water partition coefficient (Wildman–Crippen LogP) is -2.23. The monoisotopic (exact) mass is 418 g/mol. The largest absolute Gasteiger partial charge is 0.481 e. The molecule has 0 spiro atoms. The van der Waals surface area contributed by atoms with E-state index in [9.17, 15) is 29.1 Å². The average molecular weight is 418 g/mol. The third-order valence-corrected chi connectivity index (χ3v) is 3.99. The van der Waals surface area contributed by atoms with E-state index in [0.717, 1.165) is 0 Å². The third kappa shape index (κ3) is 9.34. The molecule has 0 aliphatic rings. The van der Waals surface area contributed by atoms with Crippen molar-refractivity contribution in [1.82, 2.24) is 16.0 Å². The van der Waals surface area contributed by atoms with Crippen LogP contribution in [0.5, 0.6) is 0 Å². The molecule has 0 aromatic carbocycles. The SMILES string of the molecule is CC(N)C(=O)NC(CCC(=O)O)C(=O)NC(C(=O)NC(C(=O)O)C(C)O)C(C)C. The van der Waals surface area contributed by atoms with Crippen molar-refractivity contribution in [1.29, 1.82) is 0 Å². The maximum absolute atomic E-state index is 12.6. The number of aliphatic hydroxyl groups is 1. The molecule has 0 aromatic rings. The zero-order valence-electron chi connectivity index (χ0n) is 16.8. The van der Waals surface area contributed by atoms with E-state index < -0.39 is 72.3 Å². The number of carboxylic acids is 2. The number of nitrogens with one attached hydrogen (secondary N) is 3. The van der Waals surface area contributed by atoms with E-state index in [1.54, 1.807) is 13.8 Å². The Kier molecular flexibility index (Phi) is 10.8. The van der Waals surface area contributed by atoms with Crippen molar-refractivity contribution in [2.75, 3.05) is 0 Å². The van der Waals surface area contributed by atoms with E-state index in [1.165, 1.54) is 13.8 Å². The third-order valence-electron chi connectivity index (χ3n) is 3.99. The van der Waals surface area contributed by atoms with Gasteiger partial charge in [-0.25, -0.2) is 4.79 Å². The summed E-state index contributed by atoms with van der Waals surface area (Å²) in [5, 5.41) is 34.3. The van der Waals surface area contributed by atoms with Gasteiger partial charge >= 0.3 is 11.9 Å². The van der Waals surface area contributed by atoms with Crippen LogP contribution in [0.4, 0.5) is 0 Å². The summed E-state index contributed by atoms with van der Waals surface area (Å²) in [7, 11) is 0. The number of hydrogen-bond donors (Lipinski definition) is 7. The quantitative estimate of drug-likeness (QED) is 0.183. The van der Waals surface area contributed by atoms with Gasteiger partial charge in [-0.2, -0.15) is 0 Å². The van der Waals surface area contributed by atoms with E-state index in [4.69, 9.17) is 15.9 Å². The fourth-order valence-corrected chi connectivity index (χ4v) is 2.26. The fourth-order valence-electron chi connectivity index (χ4n) is 2.26. The summed E-state index contributed by atoms with van der Waals surface area (Å²) in [6.07, 6.45) is -2.04. The van der Waals surface area contributed by atoms with Crippen LogP contribution in [-0.2, 0) is 24.0 Å². The molecule has 12 nitrogen and oxygen atoms in total. The van der Waals surface area contributed by atoms with E-state index in [2.05, 4.69) is 16.0 Å². The first-order valence-electron chi connectivity index (χ1n) is 9.07. The second kappa shape index (κ2) is 12.0. The van der Waals surface area contributed by atoms with Gasteiger partial charge in [0, 0.05) is 6.42 Å². The molecule has 166 valence electrons. The molecule has 0 bridgehead atoms. The van der Waals surface area contributed by atoms with Crippen molar-refractivity contribution >= 4 is 29.7 Å². The molecule has 5 unspecified atom stereocenters. The highest BCUT2D eigenvalue weighted by Crippen LogP contribution is 2.06. The van der Waals surface area contributed by atoms with Gasteiger partial charge in [-0.1, -0.05) is 13.8 Å². The highest BCUT2D eigenvalue weighted by molar-refractivity contribution is 5.94. The first-order chi connectivity index (χ1) is 13.3. The molecule has 5 atom stereocenters. The van der Waals surface area contributed by atoms with Crippen molar-refractivity contribution in [2.45, 2.75) is 70.8 Å². The molecule has 0 saturated heterocycles. The van der Waals surface area contributed by atoms with Gasteiger partial charge in [0.25, 0.3) is 0 Å². The molecule has 0 aliphatic carbocycles. The lowest BCUT2D eigenvalue weighted by atomic mass is 10.0. The van der Waals surface area contributed by atoms with Crippen LogP contribution in [0.1, 0.15) is 40.5 Å². The lowest BCUT2D eigenvalue weighted by Crippen LogP contribution is -2.59. The molecule has 0 saturated carbocycles. The van der Waals surface area contributed by atoms with Gasteiger partial charge in [-0.3, -0.25) is 19.2 Å². The second-order valence-corrected chi connectivity index (χ2v) is 7.08. The smallest absolute Gasteiger partial charge is 0.328 e. The van der Waals surface area contributed by atoms with Crippen LogP contribution >= 0.6 is 0 Å². The lowest BCUT2D eigenvalue weighted by molar-refractivity contribution is -0.145. The molecule has 29 heavy (non-hydrogen) atoms. The van der Waals surface area contributed by atoms with Crippen LogP contribution < -0.4 is 21.7 Å². The van der Waals surface area contributed by atoms with E-state index in [0.29, 0.717) is 0 Å². The number of hydrogen-bond acceptors (Lipinski definition) is 7. The molecular weight excluding hydrogens is 388 g/mol. The Morgan fingerprint density at radius 3 is 1.72 bits per heavy atom. The van der Waals surface area contributed by atoms with Crippen LogP contribution in [-0.4, -0.2) is 75.3 Å². The molecular formula is C17H30N4O8. The van der Waals surface area contributed by atoms with Gasteiger partial charge in [0.15, 0.2) is 6.04 Å². The van der Waals surface area contributed by atoms with Crippen molar-refractivity contribution < 1.29 is 39.3 Å². The van der Waals surface area contributed by atoms with Crippen LogP contribution in [0.15, 0.2) is 0 Å². The maximum atomic E-state index is 12.6. The number of carboxylic acid groups (broad SMARTS) is 2.